The number of hydrogen-bond acceptors (Lipinski definition) is 4. The maximum absolute atomic E-state index is 12.2. The summed E-state index contributed by atoms with van der Waals surface area (Å²) in [7, 11) is 0. The van der Waals surface area contributed by atoms with E-state index in [1.807, 2.05) is 13.8 Å². The van der Waals surface area contributed by atoms with E-state index in [1.165, 1.54) is 6.07 Å². The summed E-state index contributed by atoms with van der Waals surface area (Å²) in [5, 5.41) is 13.2. The van der Waals surface area contributed by atoms with Gasteiger partial charge in [0, 0.05) is 6.07 Å². The van der Waals surface area contributed by atoms with E-state index in [1.54, 1.807) is 0 Å². The zero-order valence-electron chi connectivity index (χ0n) is 9.73. The van der Waals surface area contributed by atoms with Crippen molar-refractivity contribution in [2.75, 3.05) is 0 Å². The molecule has 18 heavy (non-hydrogen) atoms. The third-order valence-corrected chi connectivity index (χ3v) is 2.31. The molecule has 0 amide bonds. The molecule has 2 heterocycles. The van der Waals surface area contributed by atoms with Crippen molar-refractivity contribution in [3.63, 3.8) is 0 Å². The minimum Gasteiger partial charge on any atom is -0.493 e. The Hall–Kier alpha value is -1.86. The molecule has 0 aliphatic heterocycles. The fourth-order valence-corrected chi connectivity index (χ4v) is 1.46. The number of rotatable bonds is 2. The van der Waals surface area contributed by atoms with Crippen LogP contribution in [0.5, 0.6) is 5.88 Å². The number of aromatic nitrogens is 4. The molecule has 0 radical (unpaired) electrons. The number of alkyl halides is 3. The second kappa shape index (κ2) is 4.11. The lowest BCUT2D eigenvalue weighted by Crippen LogP contribution is -2.12. The molecule has 0 aliphatic carbocycles. The summed E-state index contributed by atoms with van der Waals surface area (Å²) in [6.45, 7) is 3.70. The van der Waals surface area contributed by atoms with Crippen molar-refractivity contribution >= 4 is 5.78 Å². The highest BCUT2D eigenvalue weighted by Crippen LogP contribution is 2.22. The average Bonchev–Trinajstić information content (AvgIpc) is 2.57. The molecule has 0 aliphatic rings. The van der Waals surface area contributed by atoms with Crippen LogP contribution in [-0.4, -0.2) is 30.9 Å². The molecule has 0 saturated carbocycles. The van der Waals surface area contributed by atoms with Gasteiger partial charge in [-0.05, 0) is 5.92 Å². The molecule has 0 atom stereocenters. The first-order valence-corrected chi connectivity index (χ1v) is 5.28. The summed E-state index contributed by atoms with van der Waals surface area (Å²) in [5.41, 5.74) is 0.547. The average molecular weight is 260 g/mol. The quantitative estimate of drug-likeness (QED) is 0.897. The first-order chi connectivity index (χ1) is 8.26. The Kier molecular flexibility index (Phi) is 2.88. The predicted molar refractivity (Wildman–Crippen MR) is 56.3 cm³/mol. The van der Waals surface area contributed by atoms with Crippen LogP contribution in [0.15, 0.2) is 6.07 Å². The summed E-state index contributed by atoms with van der Waals surface area (Å²) < 4.78 is 37.5. The van der Waals surface area contributed by atoms with Gasteiger partial charge in [-0.25, -0.2) is 4.98 Å². The lowest BCUT2D eigenvalue weighted by molar-refractivity contribution is -0.128. The Bertz CT molecular complexity index is 576. The second-order valence-electron chi connectivity index (χ2n) is 4.23. The standard InChI is InChI=1S/C10H11F3N4O/c1-5(2)6-3-8(18)17-9(14-6)15-7(16-17)4-10(11,12)13/h3,5,18H,4H2,1-2H3. The molecule has 8 heteroatoms. The Morgan fingerprint density at radius 2 is 2.00 bits per heavy atom. The third-order valence-electron chi connectivity index (χ3n) is 2.31. The van der Waals surface area contributed by atoms with E-state index in [9.17, 15) is 18.3 Å². The number of fused-ring (bicyclic) bond motifs is 1. The molecule has 2 aromatic heterocycles. The van der Waals surface area contributed by atoms with Crippen LogP contribution in [0.3, 0.4) is 0 Å². The van der Waals surface area contributed by atoms with Crippen LogP contribution in [0.1, 0.15) is 31.3 Å². The van der Waals surface area contributed by atoms with Crippen LogP contribution in [0.4, 0.5) is 13.2 Å². The van der Waals surface area contributed by atoms with Gasteiger partial charge >= 0.3 is 6.18 Å². The van der Waals surface area contributed by atoms with E-state index in [-0.39, 0.29) is 17.6 Å². The molecule has 0 bridgehead atoms. The molecular weight excluding hydrogens is 249 g/mol. The van der Waals surface area contributed by atoms with Gasteiger partial charge in [-0.15, -0.1) is 5.10 Å². The molecular formula is C10H11F3N4O. The van der Waals surface area contributed by atoms with E-state index in [2.05, 4.69) is 15.1 Å². The van der Waals surface area contributed by atoms with Gasteiger partial charge < -0.3 is 5.11 Å². The van der Waals surface area contributed by atoms with Gasteiger partial charge in [0.15, 0.2) is 5.82 Å². The zero-order valence-corrected chi connectivity index (χ0v) is 9.73. The van der Waals surface area contributed by atoms with Crippen molar-refractivity contribution in [3.05, 3.63) is 17.6 Å². The van der Waals surface area contributed by atoms with Gasteiger partial charge in [-0.3, -0.25) is 0 Å². The van der Waals surface area contributed by atoms with Crippen molar-refractivity contribution < 1.29 is 18.3 Å². The second-order valence-corrected chi connectivity index (χ2v) is 4.23. The summed E-state index contributed by atoms with van der Waals surface area (Å²) >= 11 is 0. The van der Waals surface area contributed by atoms with Crippen LogP contribution in [-0.2, 0) is 6.42 Å². The first kappa shape index (κ1) is 12.6. The van der Waals surface area contributed by atoms with E-state index < -0.39 is 18.4 Å². The third kappa shape index (κ3) is 2.52. The number of nitrogens with zero attached hydrogens (tertiary/aromatic N) is 4. The molecule has 5 nitrogen and oxygen atoms in total. The molecule has 2 aromatic rings. The molecule has 0 spiro atoms. The number of hydrogen-bond donors (Lipinski definition) is 1. The van der Waals surface area contributed by atoms with Crippen LogP contribution in [0, 0.1) is 0 Å². The van der Waals surface area contributed by atoms with Gasteiger partial charge in [0.1, 0.15) is 6.42 Å². The van der Waals surface area contributed by atoms with Gasteiger partial charge in [0.2, 0.25) is 5.88 Å². The summed E-state index contributed by atoms with van der Waals surface area (Å²) in [6, 6.07) is 1.36. The van der Waals surface area contributed by atoms with Gasteiger partial charge in [0.05, 0.1) is 5.69 Å². The predicted octanol–water partition coefficient (Wildman–Crippen LogP) is 2.06. The van der Waals surface area contributed by atoms with Crippen molar-refractivity contribution in [1.82, 2.24) is 19.6 Å². The maximum atomic E-state index is 12.2. The minimum absolute atomic E-state index is 0.0297. The van der Waals surface area contributed by atoms with Gasteiger partial charge in [-0.1, -0.05) is 13.8 Å². The number of aromatic hydroxyl groups is 1. The minimum atomic E-state index is -4.39. The van der Waals surface area contributed by atoms with Gasteiger partial charge in [0.25, 0.3) is 5.78 Å². The summed E-state index contributed by atoms with van der Waals surface area (Å²) in [5.74, 6) is -0.683. The Morgan fingerprint density at radius 3 is 2.56 bits per heavy atom. The summed E-state index contributed by atoms with van der Waals surface area (Å²) in [6.07, 6.45) is -5.63. The highest BCUT2D eigenvalue weighted by molar-refractivity contribution is 5.34. The Balaban J connectivity index is 2.48. The highest BCUT2D eigenvalue weighted by atomic mass is 19.4. The molecule has 1 N–H and O–H groups in total. The Morgan fingerprint density at radius 1 is 1.33 bits per heavy atom. The van der Waals surface area contributed by atoms with Crippen LogP contribution >= 0.6 is 0 Å². The lowest BCUT2D eigenvalue weighted by Gasteiger charge is -2.04. The Labute approximate surface area is 100 Å². The lowest BCUT2D eigenvalue weighted by atomic mass is 10.1. The molecule has 2 rings (SSSR count). The monoisotopic (exact) mass is 260 g/mol. The fraction of sp³-hybridized carbons (Fsp3) is 0.500. The SMILES string of the molecule is CC(C)c1cc(O)n2nc(CC(F)(F)F)nc2n1. The van der Waals surface area contributed by atoms with E-state index in [4.69, 9.17) is 0 Å². The fourth-order valence-electron chi connectivity index (χ4n) is 1.46. The van der Waals surface area contributed by atoms with E-state index in [0.717, 1.165) is 4.52 Å². The van der Waals surface area contributed by atoms with Crippen molar-refractivity contribution in [1.29, 1.82) is 0 Å². The topological polar surface area (TPSA) is 63.3 Å². The normalized spacial score (nSPS) is 12.6. The molecule has 0 saturated heterocycles. The van der Waals surface area contributed by atoms with Gasteiger partial charge in [-0.2, -0.15) is 22.7 Å². The number of halogens is 3. The first-order valence-electron chi connectivity index (χ1n) is 5.28. The highest BCUT2D eigenvalue weighted by Gasteiger charge is 2.30. The van der Waals surface area contributed by atoms with Crippen LogP contribution in [0.2, 0.25) is 0 Å². The van der Waals surface area contributed by atoms with Crippen LogP contribution in [0.25, 0.3) is 5.78 Å². The molecule has 98 valence electrons. The van der Waals surface area contributed by atoms with Crippen molar-refractivity contribution in [3.8, 4) is 5.88 Å². The molecule has 0 unspecified atom stereocenters. The molecule has 0 aromatic carbocycles. The smallest absolute Gasteiger partial charge is 0.396 e. The largest absolute Gasteiger partial charge is 0.493 e. The maximum Gasteiger partial charge on any atom is 0.396 e. The van der Waals surface area contributed by atoms with E-state index in [0.29, 0.717) is 5.69 Å². The summed E-state index contributed by atoms with van der Waals surface area (Å²) in [4.78, 5) is 7.71. The van der Waals surface area contributed by atoms with Crippen molar-refractivity contribution in [2.24, 2.45) is 0 Å². The van der Waals surface area contributed by atoms with Crippen molar-refractivity contribution in [2.45, 2.75) is 32.4 Å². The molecule has 0 fully saturated rings. The zero-order chi connectivity index (χ0) is 13.5. The van der Waals surface area contributed by atoms with E-state index >= 15 is 0 Å². The van der Waals surface area contributed by atoms with Crippen LogP contribution < -0.4 is 0 Å².